The van der Waals surface area contributed by atoms with Gasteiger partial charge < -0.3 is 10.6 Å². The molecule has 2 aromatic rings. The summed E-state index contributed by atoms with van der Waals surface area (Å²) in [5.74, 6) is 0.418. The Bertz CT molecular complexity index is 781. The molecule has 1 amide bonds. The summed E-state index contributed by atoms with van der Waals surface area (Å²) >= 11 is 0. The minimum absolute atomic E-state index is 0.00630. The second kappa shape index (κ2) is 8.33. The number of Topliss-reactive ketones (excluding diaryl/α,β-unsaturated/α-hetero) is 1. The van der Waals surface area contributed by atoms with Gasteiger partial charge in [0.05, 0.1) is 11.6 Å². The van der Waals surface area contributed by atoms with E-state index in [4.69, 9.17) is 0 Å². The molecule has 1 saturated carbocycles. The predicted molar refractivity (Wildman–Crippen MR) is 107 cm³/mol. The predicted octanol–water partition coefficient (Wildman–Crippen LogP) is 4.48. The summed E-state index contributed by atoms with van der Waals surface area (Å²) in [4.78, 5) is 28.9. The number of hydrogen-bond acceptors (Lipinski definition) is 4. The summed E-state index contributed by atoms with van der Waals surface area (Å²) in [5.41, 5.74) is 1.53. The van der Waals surface area contributed by atoms with E-state index < -0.39 is 6.04 Å². The van der Waals surface area contributed by atoms with Crippen LogP contribution in [0, 0.1) is 5.41 Å². The van der Waals surface area contributed by atoms with Crippen LogP contribution in [0.3, 0.4) is 0 Å². The molecule has 0 bridgehead atoms. The molecule has 5 heteroatoms. The number of rotatable bonds is 7. The van der Waals surface area contributed by atoms with Crippen LogP contribution in [0.2, 0.25) is 0 Å². The van der Waals surface area contributed by atoms with E-state index in [1.807, 2.05) is 30.3 Å². The number of hydrogen-bond donors (Lipinski definition) is 2. The van der Waals surface area contributed by atoms with Crippen LogP contribution in [0.5, 0.6) is 0 Å². The fourth-order valence-corrected chi connectivity index (χ4v) is 3.73. The number of amides is 1. The fourth-order valence-electron chi connectivity index (χ4n) is 3.73. The molecule has 1 fully saturated rings. The van der Waals surface area contributed by atoms with Crippen LogP contribution in [0.4, 0.5) is 11.5 Å². The first kappa shape index (κ1) is 19.1. The summed E-state index contributed by atoms with van der Waals surface area (Å²) in [5, 5.41) is 6.09. The second-order valence-corrected chi connectivity index (χ2v) is 7.78. The van der Waals surface area contributed by atoms with Gasteiger partial charge in [0.1, 0.15) is 5.82 Å². The SMILES string of the molecule is CC(=O)[C@H](CC1(C)CCCC1)NC(=O)c1ccc(Nc2ccccc2)nc1. The second-order valence-electron chi connectivity index (χ2n) is 7.78. The first-order chi connectivity index (χ1) is 13.0. The lowest BCUT2D eigenvalue weighted by Crippen LogP contribution is -2.42. The van der Waals surface area contributed by atoms with Crippen molar-refractivity contribution < 1.29 is 9.59 Å². The molecule has 0 radical (unpaired) electrons. The van der Waals surface area contributed by atoms with E-state index in [0.717, 1.165) is 18.5 Å². The zero-order chi connectivity index (χ0) is 19.3. The van der Waals surface area contributed by atoms with Crippen molar-refractivity contribution >= 4 is 23.2 Å². The van der Waals surface area contributed by atoms with E-state index in [0.29, 0.717) is 17.8 Å². The number of pyridine rings is 1. The third-order valence-electron chi connectivity index (χ3n) is 5.38. The quantitative estimate of drug-likeness (QED) is 0.759. The lowest BCUT2D eigenvalue weighted by Gasteiger charge is -2.28. The third-order valence-corrected chi connectivity index (χ3v) is 5.38. The summed E-state index contributed by atoms with van der Waals surface area (Å²) in [6, 6.07) is 12.8. The maximum atomic E-state index is 12.6. The van der Waals surface area contributed by atoms with E-state index in [1.54, 1.807) is 19.1 Å². The molecule has 0 saturated heterocycles. The topological polar surface area (TPSA) is 71.1 Å². The number of benzene rings is 1. The Morgan fingerprint density at radius 1 is 1.11 bits per heavy atom. The molecule has 1 atom stereocenters. The summed E-state index contributed by atoms with van der Waals surface area (Å²) in [6.45, 7) is 3.77. The molecule has 0 aliphatic heterocycles. The van der Waals surface area contributed by atoms with Crippen molar-refractivity contribution in [2.45, 2.75) is 52.0 Å². The molecule has 1 aliphatic carbocycles. The van der Waals surface area contributed by atoms with Gasteiger partial charge in [-0.15, -0.1) is 0 Å². The molecule has 1 aromatic heterocycles. The van der Waals surface area contributed by atoms with Crippen LogP contribution >= 0.6 is 0 Å². The average molecular weight is 365 g/mol. The van der Waals surface area contributed by atoms with Gasteiger partial charge >= 0.3 is 0 Å². The van der Waals surface area contributed by atoms with Gasteiger partial charge in [-0.25, -0.2) is 4.98 Å². The zero-order valence-corrected chi connectivity index (χ0v) is 16.0. The number of ketones is 1. The van der Waals surface area contributed by atoms with Crippen molar-refractivity contribution in [2.24, 2.45) is 5.41 Å². The first-order valence-corrected chi connectivity index (χ1v) is 9.55. The lowest BCUT2D eigenvalue weighted by molar-refractivity contribution is -0.119. The van der Waals surface area contributed by atoms with Crippen molar-refractivity contribution in [3.05, 3.63) is 54.2 Å². The number of anilines is 2. The number of nitrogens with zero attached hydrogens (tertiary/aromatic N) is 1. The molecule has 0 unspecified atom stereocenters. The molecule has 27 heavy (non-hydrogen) atoms. The number of para-hydroxylation sites is 1. The number of carbonyl (C=O) groups excluding carboxylic acids is 2. The summed E-state index contributed by atoms with van der Waals surface area (Å²) < 4.78 is 0. The smallest absolute Gasteiger partial charge is 0.253 e. The monoisotopic (exact) mass is 365 g/mol. The van der Waals surface area contributed by atoms with Gasteiger partial charge in [0, 0.05) is 11.9 Å². The van der Waals surface area contributed by atoms with Gasteiger partial charge in [0.2, 0.25) is 0 Å². The van der Waals surface area contributed by atoms with Gasteiger partial charge in [-0.3, -0.25) is 9.59 Å². The average Bonchev–Trinajstić information content (AvgIpc) is 3.09. The maximum absolute atomic E-state index is 12.6. The van der Waals surface area contributed by atoms with Gasteiger partial charge in [-0.2, -0.15) is 0 Å². The van der Waals surface area contributed by atoms with Gasteiger partial charge in [0.25, 0.3) is 5.91 Å². The molecule has 142 valence electrons. The van der Waals surface area contributed by atoms with Crippen LogP contribution in [0.25, 0.3) is 0 Å². The van der Waals surface area contributed by atoms with E-state index in [-0.39, 0.29) is 17.1 Å². The van der Waals surface area contributed by atoms with E-state index in [2.05, 4.69) is 22.5 Å². The molecule has 1 aliphatic rings. The standard InChI is InChI=1S/C22H27N3O2/c1-16(26)19(14-22(2)12-6-7-13-22)25-21(27)17-10-11-20(23-15-17)24-18-8-4-3-5-9-18/h3-5,8-11,15,19H,6-7,12-14H2,1-2H3,(H,23,24)(H,25,27)/t19-/m0/s1. The molecule has 2 N–H and O–H groups in total. The fraction of sp³-hybridized carbons (Fsp3) is 0.409. The van der Waals surface area contributed by atoms with Crippen molar-refractivity contribution in [1.29, 1.82) is 0 Å². The maximum Gasteiger partial charge on any atom is 0.253 e. The Morgan fingerprint density at radius 3 is 2.41 bits per heavy atom. The van der Waals surface area contributed by atoms with E-state index in [9.17, 15) is 9.59 Å². The Kier molecular flexibility index (Phi) is 5.89. The highest BCUT2D eigenvalue weighted by atomic mass is 16.2. The first-order valence-electron chi connectivity index (χ1n) is 9.55. The molecule has 3 rings (SSSR count). The highest BCUT2D eigenvalue weighted by Crippen LogP contribution is 2.41. The highest BCUT2D eigenvalue weighted by Gasteiger charge is 2.33. The van der Waals surface area contributed by atoms with E-state index in [1.165, 1.54) is 19.0 Å². The lowest BCUT2D eigenvalue weighted by atomic mass is 9.81. The Hall–Kier alpha value is -2.69. The van der Waals surface area contributed by atoms with Crippen molar-refractivity contribution in [3.63, 3.8) is 0 Å². The van der Waals surface area contributed by atoms with Gasteiger partial charge in [-0.1, -0.05) is 38.0 Å². The van der Waals surface area contributed by atoms with Crippen LogP contribution in [0.1, 0.15) is 56.3 Å². The summed E-state index contributed by atoms with van der Waals surface area (Å²) in [6.07, 6.45) is 6.89. The number of nitrogens with one attached hydrogen (secondary N) is 2. The van der Waals surface area contributed by atoms with Gasteiger partial charge in [0.15, 0.2) is 5.78 Å². The Morgan fingerprint density at radius 2 is 1.81 bits per heavy atom. The normalized spacial score (nSPS) is 16.5. The van der Waals surface area contributed by atoms with Crippen molar-refractivity contribution in [1.82, 2.24) is 10.3 Å². The molecule has 1 aromatic carbocycles. The van der Waals surface area contributed by atoms with Crippen LogP contribution in [-0.2, 0) is 4.79 Å². The molecule has 5 nitrogen and oxygen atoms in total. The number of aromatic nitrogens is 1. The van der Waals surface area contributed by atoms with Crippen LogP contribution in [0.15, 0.2) is 48.7 Å². The van der Waals surface area contributed by atoms with Crippen LogP contribution in [-0.4, -0.2) is 22.7 Å². The van der Waals surface area contributed by atoms with E-state index >= 15 is 0 Å². The molecular formula is C22H27N3O2. The van der Waals surface area contributed by atoms with Crippen molar-refractivity contribution in [3.8, 4) is 0 Å². The van der Waals surface area contributed by atoms with Gasteiger partial charge in [-0.05, 0) is 55.9 Å². The summed E-state index contributed by atoms with van der Waals surface area (Å²) in [7, 11) is 0. The molecular weight excluding hydrogens is 338 g/mol. The van der Waals surface area contributed by atoms with Crippen molar-refractivity contribution in [2.75, 3.05) is 5.32 Å². The molecule has 0 spiro atoms. The minimum atomic E-state index is -0.442. The number of carbonyl (C=O) groups is 2. The Balaban J connectivity index is 1.62. The third kappa shape index (κ3) is 5.16. The Labute approximate surface area is 160 Å². The largest absolute Gasteiger partial charge is 0.342 e. The molecule has 1 heterocycles. The highest BCUT2D eigenvalue weighted by molar-refractivity contribution is 5.97. The minimum Gasteiger partial charge on any atom is -0.342 e. The van der Waals surface area contributed by atoms with Crippen LogP contribution < -0.4 is 10.6 Å². The zero-order valence-electron chi connectivity index (χ0n) is 16.0.